The van der Waals surface area contributed by atoms with Crippen LogP contribution < -0.4 is 15.4 Å². The summed E-state index contributed by atoms with van der Waals surface area (Å²) in [5.41, 5.74) is 5.38. The summed E-state index contributed by atoms with van der Waals surface area (Å²) in [6.07, 6.45) is 6.02. The van der Waals surface area contributed by atoms with Crippen molar-refractivity contribution in [2.75, 3.05) is 13.7 Å². The number of ether oxygens (including phenoxy) is 1. The van der Waals surface area contributed by atoms with Crippen molar-refractivity contribution < 1.29 is 4.74 Å². The van der Waals surface area contributed by atoms with Gasteiger partial charge in [-0.25, -0.2) is 0 Å². The lowest BCUT2D eigenvalue weighted by molar-refractivity contribution is 0.415. The minimum atomic E-state index is 0.693. The Morgan fingerprint density at radius 2 is 2.16 bits per heavy atom. The minimum absolute atomic E-state index is 0.693. The number of hydrogen-bond donors (Lipinski definition) is 3. The number of aromatic nitrogens is 2. The zero-order valence-electron chi connectivity index (χ0n) is 14.0. The molecule has 0 radical (unpaired) electrons. The van der Waals surface area contributed by atoms with Crippen molar-refractivity contribution in [3.63, 3.8) is 0 Å². The van der Waals surface area contributed by atoms with Crippen LogP contribution >= 0.6 is 0 Å². The highest BCUT2D eigenvalue weighted by molar-refractivity contribution is 5.89. The van der Waals surface area contributed by atoms with Gasteiger partial charge in [0.1, 0.15) is 5.75 Å². The van der Waals surface area contributed by atoms with E-state index in [-0.39, 0.29) is 0 Å². The number of pyridine rings is 1. The summed E-state index contributed by atoms with van der Waals surface area (Å²) in [6, 6.07) is 14.1. The largest absolute Gasteiger partial charge is 0.497 e. The molecule has 0 spiro atoms. The van der Waals surface area contributed by atoms with E-state index in [1.807, 2.05) is 48.8 Å². The van der Waals surface area contributed by atoms with Gasteiger partial charge in [-0.1, -0.05) is 6.07 Å². The normalized spacial score (nSPS) is 13.8. The molecule has 0 bridgehead atoms. The molecule has 0 fully saturated rings. The van der Waals surface area contributed by atoms with Crippen LogP contribution in [0, 0.1) is 0 Å². The quantitative estimate of drug-likeness (QED) is 0.671. The molecular weight excluding hydrogens is 312 g/mol. The van der Waals surface area contributed by atoms with Crippen molar-refractivity contribution in [3.05, 3.63) is 78.0 Å². The number of hydrogen-bond acceptors (Lipinski definition) is 4. The highest BCUT2D eigenvalue weighted by Gasteiger charge is 2.14. The van der Waals surface area contributed by atoms with Crippen molar-refractivity contribution in [1.82, 2.24) is 20.6 Å². The summed E-state index contributed by atoms with van der Waals surface area (Å²) in [6.45, 7) is 1.50. The van der Waals surface area contributed by atoms with Gasteiger partial charge < -0.3 is 20.4 Å². The van der Waals surface area contributed by atoms with E-state index >= 15 is 0 Å². The molecule has 5 nitrogen and oxygen atoms in total. The molecule has 0 saturated heterocycles. The predicted octanol–water partition coefficient (Wildman–Crippen LogP) is 3.19. The van der Waals surface area contributed by atoms with Gasteiger partial charge in [-0.05, 0) is 42.5 Å². The first-order valence-corrected chi connectivity index (χ1v) is 8.28. The molecule has 4 rings (SSSR count). The number of aromatic amines is 1. The topological polar surface area (TPSA) is 62.0 Å². The molecule has 126 valence electrons. The zero-order chi connectivity index (χ0) is 17.1. The summed E-state index contributed by atoms with van der Waals surface area (Å²) < 4.78 is 5.31. The molecule has 0 aliphatic carbocycles. The van der Waals surface area contributed by atoms with E-state index in [0.29, 0.717) is 6.54 Å². The fourth-order valence-electron chi connectivity index (χ4n) is 2.97. The van der Waals surface area contributed by atoms with Gasteiger partial charge in [0, 0.05) is 46.8 Å². The number of nitrogens with one attached hydrogen (secondary N) is 3. The van der Waals surface area contributed by atoms with Crippen molar-refractivity contribution in [3.8, 4) is 5.75 Å². The maximum absolute atomic E-state index is 5.31. The molecule has 1 aliphatic heterocycles. The second kappa shape index (κ2) is 6.73. The highest BCUT2D eigenvalue weighted by Crippen LogP contribution is 2.28. The Bertz CT molecular complexity index is 941. The lowest BCUT2D eigenvalue weighted by Gasteiger charge is -2.18. The Kier molecular flexibility index (Phi) is 4.12. The Morgan fingerprint density at radius 1 is 1.20 bits per heavy atom. The third-order valence-corrected chi connectivity index (χ3v) is 4.26. The van der Waals surface area contributed by atoms with Gasteiger partial charge in [-0.3, -0.25) is 4.98 Å². The number of fused-ring (bicyclic) bond motifs is 1. The van der Waals surface area contributed by atoms with Crippen molar-refractivity contribution in [2.24, 2.45) is 0 Å². The van der Waals surface area contributed by atoms with E-state index in [2.05, 4.69) is 32.7 Å². The number of benzene rings is 1. The zero-order valence-corrected chi connectivity index (χ0v) is 14.0. The number of H-pyrrole nitrogens is 1. The number of methoxy groups -OCH3 is 1. The van der Waals surface area contributed by atoms with Crippen LogP contribution in [0.1, 0.15) is 11.4 Å². The summed E-state index contributed by atoms with van der Waals surface area (Å²) in [4.78, 5) is 7.85. The standard InChI is InChI=1S/C20H20N4O/c1-25-16-5-6-18-14(10-16)11-20(24-18)17-13-21-9-7-19(17)23-12-15-4-2-3-8-22-15/h2-8,10-11,13,21,23-24H,9,12H2,1H3. The number of allylic oxidation sites excluding steroid dienone is 1. The van der Waals surface area contributed by atoms with Crippen LogP contribution in [0.4, 0.5) is 0 Å². The van der Waals surface area contributed by atoms with E-state index in [0.717, 1.165) is 45.9 Å². The second-order valence-electron chi connectivity index (χ2n) is 5.89. The molecule has 3 aromatic rings. The summed E-state index contributed by atoms with van der Waals surface area (Å²) >= 11 is 0. The SMILES string of the molecule is COc1ccc2[nH]c(C3=CNCC=C3NCc3ccccn3)cc2c1. The van der Waals surface area contributed by atoms with E-state index in [9.17, 15) is 0 Å². The number of rotatable bonds is 5. The molecule has 5 heteroatoms. The van der Waals surface area contributed by atoms with E-state index in [1.165, 1.54) is 0 Å². The van der Waals surface area contributed by atoms with Crippen molar-refractivity contribution in [1.29, 1.82) is 0 Å². The van der Waals surface area contributed by atoms with Crippen LogP contribution in [0.15, 0.2) is 66.6 Å². The van der Waals surface area contributed by atoms with Gasteiger partial charge in [0.25, 0.3) is 0 Å². The van der Waals surface area contributed by atoms with Gasteiger partial charge in [-0.15, -0.1) is 0 Å². The first-order valence-electron chi connectivity index (χ1n) is 8.28. The third kappa shape index (κ3) is 3.21. The van der Waals surface area contributed by atoms with Gasteiger partial charge in [0.05, 0.1) is 19.3 Å². The molecule has 0 unspecified atom stereocenters. The smallest absolute Gasteiger partial charge is 0.119 e. The van der Waals surface area contributed by atoms with Gasteiger partial charge >= 0.3 is 0 Å². The molecule has 0 amide bonds. The molecule has 3 heterocycles. The molecule has 3 N–H and O–H groups in total. The number of dihydropyridines is 1. The summed E-state index contributed by atoms with van der Waals surface area (Å²) in [5.74, 6) is 0.859. The average molecular weight is 332 g/mol. The molecule has 2 aromatic heterocycles. The van der Waals surface area contributed by atoms with Crippen LogP contribution in [0.2, 0.25) is 0 Å². The van der Waals surface area contributed by atoms with E-state index < -0.39 is 0 Å². The Hall–Kier alpha value is -3.21. The Balaban J connectivity index is 1.59. The van der Waals surface area contributed by atoms with Crippen LogP contribution in [0.3, 0.4) is 0 Å². The minimum Gasteiger partial charge on any atom is -0.497 e. The van der Waals surface area contributed by atoms with Crippen molar-refractivity contribution in [2.45, 2.75) is 6.54 Å². The molecule has 0 saturated carbocycles. The monoisotopic (exact) mass is 332 g/mol. The third-order valence-electron chi connectivity index (χ3n) is 4.26. The molecule has 0 atom stereocenters. The second-order valence-corrected chi connectivity index (χ2v) is 5.89. The first-order chi connectivity index (χ1) is 12.3. The fourth-order valence-corrected chi connectivity index (χ4v) is 2.97. The van der Waals surface area contributed by atoms with Crippen LogP contribution in [0.25, 0.3) is 16.5 Å². The molecular formula is C20H20N4O. The van der Waals surface area contributed by atoms with E-state index in [1.54, 1.807) is 7.11 Å². The molecule has 25 heavy (non-hydrogen) atoms. The summed E-state index contributed by atoms with van der Waals surface area (Å²) in [7, 11) is 1.69. The van der Waals surface area contributed by atoms with Gasteiger partial charge in [-0.2, -0.15) is 0 Å². The van der Waals surface area contributed by atoms with Crippen LogP contribution in [0.5, 0.6) is 5.75 Å². The first kappa shape index (κ1) is 15.3. The predicted molar refractivity (Wildman–Crippen MR) is 100.0 cm³/mol. The van der Waals surface area contributed by atoms with E-state index in [4.69, 9.17) is 4.74 Å². The van der Waals surface area contributed by atoms with Gasteiger partial charge in [0.15, 0.2) is 0 Å². The number of nitrogens with zero attached hydrogens (tertiary/aromatic N) is 1. The average Bonchev–Trinajstić information content (AvgIpc) is 3.10. The molecule has 1 aromatic carbocycles. The van der Waals surface area contributed by atoms with Crippen molar-refractivity contribution >= 4 is 16.5 Å². The maximum Gasteiger partial charge on any atom is 0.119 e. The lowest BCUT2D eigenvalue weighted by Crippen LogP contribution is -2.22. The van der Waals surface area contributed by atoms with Crippen LogP contribution in [-0.2, 0) is 6.54 Å². The Labute approximate surface area is 146 Å². The summed E-state index contributed by atoms with van der Waals surface area (Å²) in [5, 5.41) is 7.92. The Morgan fingerprint density at radius 3 is 3.00 bits per heavy atom. The highest BCUT2D eigenvalue weighted by atomic mass is 16.5. The fraction of sp³-hybridized carbons (Fsp3) is 0.150. The maximum atomic E-state index is 5.31. The van der Waals surface area contributed by atoms with Crippen LogP contribution in [-0.4, -0.2) is 23.6 Å². The molecule has 1 aliphatic rings. The van der Waals surface area contributed by atoms with Gasteiger partial charge in [0.2, 0.25) is 0 Å². The lowest BCUT2D eigenvalue weighted by atomic mass is 10.1.